The third kappa shape index (κ3) is 1.53. The van der Waals surface area contributed by atoms with E-state index >= 15 is 0 Å². The van der Waals surface area contributed by atoms with Crippen molar-refractivity contribution in [2.24, 2.45) is 0 Å². The minimum Gasteiger partial charge on any atom is -0.346 e. The van der Waals surface area contributed by atoms with E-state index in [9.17, 15) is 8.78 Å². The summed E-state index contributed by atoms with van der Waals surface area (Å²) in [5.41, 5.74) is -0.168. The van der Waals surface area contributed by atoms with Crippen LogP contribution in [-0.4, -0.2) is 21.1 Å². The molecule has 1 saturated heterocycles. The number of rotatable bonds is 1. The maximum absolute atomic E-state index is 13.3. The van der Waals surface area contributed by atoms with Crippen LogP contribution in [0.5, 0.6) is 0 Å². The fourth-order valence-corrected chi connectivity index (χ4v) is 1.30. The number of hydrogen-bond acceptors (Lipinski definition) is 2. The molecule has 0 aliphatic carbocycles. The maximum Gasteiger partial charge on any atom is 0.186 e. The van der Waals surface area contributed by atoms with Crippen molar-refractivity contribution in [2.45, 2.75) is 6.29 Å². The summed E-state index contributed by atoms with van der Waals surface area (Å²) in [5, 5.41) is 0. The SMILES string of the molecule is [B]c1ccc(C2OCCO2)c(F)c1F. The minimum atomic E-state index is -1.05. The minimum absolute atomic E-state index is 0.0502. The van der Waals surface area contributed by atoms with E-state index in [2.05, 4.69) is 0 Å². The Labute approximate surface area is 81.2 Å². The second-order valence-corrected chi connectivity index (χ2v) is 2.95. The first kappa shape index (κ1) is 9.61. The van der Waals surface area contributed by atoms with Gasteiger partial charge in [0.15, 0.2) is 17.9 Å². The van der Waals surface area contributed by atoms with Crippen molar-refractivity contribution in [1.29, 1.82) is 0 Å². The van der Waals surface area contributed by atoms with Crippen LogP contribution in [0.1, 0.15) is 11.9 Å². The fourth-order valence-electron chi connectivity index (χ4n) is 1.30. The molecule has 5 heteroatoms. The van der Waals surface area contributed by atoms with Crippen molar-refractivity contribution in [3.05, 3.63) is 29.3 Å². The third-order valence-electron chi connectivity index (χ3n) is 2.02. The average molecular weight is 196 g/mol. The summed E-state index contributed by atoms with van der Waals surface area (Å²) in [6, 6.07) is 2.66. The van der Waals surface area contributed by atoms with Gasteiger partial charge in [-0.2, -0.15) is 0 Å². The summed E-state index contributed by atoms with van der Waals surface area (Å²) in [5.74, 6) is -2.06. The van der Waals surface area contributed by atoms with E-state index in [1.807, 2.05) is 0 Å². The van der Waals surface area contributed by atoms with Crippen LogP contribution in [0.25, 0.3) is 0 Å². The van der Waals surface area contributed by atoms with E-state index in [0.717, 1.165) is 0 Å². The van der Waals surface area contributed by atoms with Gasteiger partial charge in [0.1, 0.15) is 7.85 Å². The quantitative estimate of drug-likeness (QED) is 0.618. The van der Waals surface area contributed by atoms with Crippen LogP contribution in [0.3, 0.4) is 0 Å². The highest BCUT2D eigenvalue weighted by Crippen LogP contribution is 2.25. The average Bonchev–Trinajstić information content (AvgIpc) is 2.67. The van der Waals surface area contributed by atoms with Crippen LogP contribution in [0.4, 0.5) is 8.78 Å². The summed E-state index contributed by atoms with van der Waals surface area (Å²) < 4.78 is 36.4. The highest BCUT2D eigenvalue weighted by atomic mass is 19.2. The van der Waals surface area contributed by atoms with Gasteiger partial charge in [-0.05, 0) is 0 Å². The van der Waals surface area contributed by atoms with Gasteiger partial charge in [0.25, 0.3) is 0 Å². The number of benzene rings is 1. The molecule has 1 fully saturated rings. The molecular formula is C9H7BF2O2. The predicted molar refractivity (Wildman–Crippen MR) is 46.4 cm³/mol. The Bertz CT molecular complexity index is 351. The molecule has 0 saturated carbocycles. The van der Waals surface area contributed by atoms with Crippen LogP contribution in [0.2, 0.25) is 0 Å². The molecule has 0 aromatic heterocycles. The second-order valence-electron chi connectivity index (χ2n) is 2.95. The first-order chi connectivity index (χ1) is 6.70. The van der Waals surface area contributed by atoms with Crippen LogP contribution in [-0.2, 0) is 9.47 Å². The Kier molecular flexibility index (Phi) is 2.52. The molecule has 0 spiro atoms. The van der Waals surface area contributed by atoms with Gasteiger partial charge in [-0.15, -0.1) is 0 Å². The number of hydrogen-bond donors (Lipinski definition) is 0. The molecule has 0 atom stereocenters. The molecular weight excluding hydrogens is 189 g/mol. The first-order valence-corrected chi connectivity index (χ1v) is 4.16. The van der Waals surface area contributed by atoms with Crippen LogP contribution < -0.4 is 5.46 Å². The van der Waals surface area contributed by atoms with Crippen molar-refractivity contribution in [3.8, 4) is 0 Å². The Hall–Kier alpha value is -0.935. The van der Waals surface area contributed by atoms with Crippen LogP contribution in [0, 0.1) is 11.6 Å². The maximum atomic E-state index is 13.3. The zero-order valence-electron chi connectivity index (χ0n) is 7.30. The second kappa shape index (κ2) is 3.67. The normalized spacial score (nSPS) is 17.6. The van der Waals surface area contributed by atoms with Gasteiger partial charge in [-0.1, -0.05) is 17.6 Å². The molecule has 14 heavy (non-hydrogen) atoms. The molecule has 0 N–H and O–H groups in total. The largest absolute Gasteiger partial charge is 0.346 e. The Morgan fingerprint density at radius 1 is 1.14 bits per heavy atom. The van der Waals surface area contributed by atoms with Crippen molar-refractivity contribution in [3.63, 3.8) is 0 Å². The summed E-state index contributed by atoms with van der Waals surface area (Å²) in [6.07, 6.45) is -0.815. The molecule has 1 aliphatic heterocycles. The van der Waals surface area contributed by atoms with Crippen LogP contribution >= 0.6 is 0 Å². The van der Waals surface area contributed by atoms with Crippen molar-refractivity contribution in [1.82, 2.24) is 0 Å². The molecule has 0 amide bonds. The molecule has 0 bridgehead atoms. The molecule has 1 aromatic carbocycles. The zero-order chi connectivity index (χ0) is 10.1. The summed E-state index contributed by atoms with van der Waals surface area (Å²) in [6.45, 7) is 0.770. The standard InChI is InChI=1S/C9H7BF2O2/c10-6-2-1-5(7(11)8(6)12)9-13-3-4-14-9/h1-2,9H,3-4H2. The lowest BCUT2D eigenvalue weighted by molar-refractivity contribution is -0.0468. The van der Waals surface area contributed by atoms with E-state index in [0.29, 0.717) is 13.2 Å². The summed E-state index contributed by atoms with van der Waals surface area (Å²) in [4.78, 5) is 0. The lowest BCUT2D eigenvalue weighted by Gasteiger charge is -2.11. The van der Waals surface area contributed by atoms with Crippen molar-refractivity contribution in [2.75, 3.05) is 13.2 Å². The Morgan fingerprint density at radius 2 is 1.79 bits per heavy atom. The molecule has 72 valence electrons. The zero-order valence-corrected chi connectivity index (χ0v) is 7.30. The Morgan fingerprint density at radius 3 is 2.43 bits per heavy atom. The molecule has 0 unspecified atom stereocenters. The molecule has 1 heterocycles. The molecule has 2 radical (unpaired) electrons. The van der Waals surface area contributed by atoms with E-state index in [1.165, 1.54) is 12.1 Å². The lowest BCUT2D eigenvalue weighted by atomic mass is 9.94. The highest BCUT2D eigenvalue weighted by Gasteiger charge is 2.23. The smallest absolute Gasteiger partial charge is 0.186 e. The summed E-state index contributed by atoms with van der Waals surface area (Å²) >= 11 is 0. The number of ether oxygens (including phenoxy) is 2. The molecule has 1 aromatic rings. The van der Waals surface area contributed by atoms with Gasteiger partial charge in [-0.25, -0.2) is 8.78 Å². The Balaban J connectivity index is 2.38. The fraction of sp³-hybridized carbons (Fsp3) is 0.333. The van der Waals surface area contributed by atoms with Gasteiger partial charge >= 0.3 is 0 Å². The van der Waals surface area contributed by atoms with Gasteiger partial charge in [0.05, 0.1) is 13.2 Å². The topological polar surface area (TPSA) is 18.5 Å². The monoisotopic (exact) mass is 196 g/mol. The van der Waals surface area contributed by atoms with Gasteiger partial charge in [0.2, 0.25) is 0 Å². The van der Waals surface area contributed by atoms with E-state index in [1.54, 1.807) is 0 Å². The lowest BCUT2D eigenvalue weighted by Crippen LogP contribution is -2.14. The van der Waals surface area contributed by atoms with Crippen LogP contribution in [0.15, 0.2) is 12.1 Å². The summed E-state index contributed by atoms with van der Waals surface area (Å²) in [7, 11) is 5.19. The van der Waals surface area contributed by atoms with E-state index in [-0.39, 0.29) is 11.0 Å². The highest BCUT2D eigenvalue weighted by molar-refractivity contribution is 6.32. The molecule has 1 aliphatic rings. The third-order valence-corrected chi connectivity index (χ3v) is 2.02. The molecule has 2 rings (SSSR count). The first-order valence-electron chi connectivity index (χ1n) is 4.16. The van der Waals surface area contributed by atoms with E-state index in [4.69, 9.17) is 17.3 Å². The predicted octanol–water partition coefficient (Wildman–Crippen LogP) is 0.804. The number of halogens is 2. The van der Waals surface area contributed by atoms with Crippen molar-refractivity contribution < 1.29 is 18.3 Å². The molecule has 2 nitrogen and oxygen atoms in total. The van der Waals surface area contributed by atoms with Gasteiger partial charge in [0, 0.05) is 5.56 Å². The van der Waals surface area contributed by atoms with E-state index < -0.39 is 17.9 Å². The van der Waals surface area contributed by atoms with Crippen molar-refractivity contribution >= 4 is 13.3 Å². The van der Waals surface area contributed by atoms with Gasteiger partial charge in [-0.3, -0.25) is 0 Å². The van der Waals surface area contributed by atoms with Gasteiger partial charge < -0.3 is 9.47 Å².